The summed E-state index contributed by atoms with van der Waals surface area (Å²) in [6.07, 6.45) is 4.02. The number of aliphatic hydroxyl groups excluding tert-OH is 1. The van der Waals surface area contributed by atoms with Crippen molar-refractivity contribution in [3.8, 4) is 0 Å². The van der Waals surface area contributed by atoms with Gasteiger partial charge in [0.05, 0.1) is 6.10 Å². The molecule has 2 rings (SSSR count). The smallest absolute Gasteiger partial charge is 0.0553 e. The van der Waals surface area contributed by atoms with Crippen LogP contribution in [0.2, 0.25) is 0 Å². The van der Waals surface area contributed by atoms with Gasteiger partial charge in [0.1, 0.15) is 0 Å². The molecule has 0 radical (unpaired) electrons. The van der Waals surface area contributed by atoms with E-state index in [4.69, 9.17) is 0 Å². The van der Waals surface area contributed by atoms with Gasteiger partial charge in [0.2, 0.25) is 0 Å². The quantitative estimate of drug-likeness (QED) is 0.781. The maximum atomic E-state index is 9.34. The summed E-state index contributed by atoms with van der Waals surface area (Å²) in [6, 6.07) is 8.10. The van der Waals surface area contributed by atoms with E-state index < -0.39 is 0 Å². The molecule has 2 aromatic rings. The number of rotatable bonds is 2. The molecule has 0 bridgehead atoms. The molecule has 1 aromatic heterocycles. The number of aromatic nitrogens is 1. The van der Waals surface area contributed by atoms with Crippen LogP contribution in [-0.4, -0.2) is 16.2 Å². The van der Waals surface area contributed by atoms with Gasteiger partial charge in [-0.2, -0.15) is 0 Å². The van der Waals surface area contributed by atoms with E-state index in [0.29, 0.717) is 6.42 Å². The highest BCUT2D eigenvalue weighted by molar-refractivity contribution is 5.84. The van der Waals surface area contributed by atoms with Crippen LogP contribution in [0.25, 0.3) is 10.8 Å². The van der Waals surface area contributed by atoms with Crippen molar-refractivity contribution in [1.82, 2.24) is 4.98 Å². The summed E-state index contributed by atoms with van der Waals surface area (Å²) in [6.45, 7) is 1.79. The molecule has 0 fully saturated rings. The van der Waals surface area contributed by atoms with E-state index in [0.717, 1.165) is 10.9 Å². The lowest BCUT2D eigenvalue weighted by molar-refractivity contribution is 0.196. The molecule has 0 aliphatic heterocycles. The number of benzene rings is 1. The molecular weight excluding hydrogens is 174 g/mol. The predicted molar refractivity (Wildman–Crippen MR) is 57.1 cm³/mol. The van der Waals surface area contributed by atoms with Crippen molar-refractivity contribution in [3.63, 3.8) is 0 Å². The van der Waals surface area contributed by atoms with E-state index in [-0.39, 0.29) is 6.10 Å². The van der Waals surface area contributed by atoms with Gasteiger partial charge in [0.25, 0.3) is 0 Å². The van der Waals surface area contributed by atoms with Crippen molar-refractivity contribution >= 4 is 10.8 Å². The van der Waals surface area contributed by atoms with Gasteiger partial charge in [-0.05, 0) is 17.9 Å². The second kappa shape index (κ2) is 3.76. The number of hydrogen-bond donors (Lipinski definition) is 1. The van der Waals surface area contributed by atoms with Gasteiger partial charge >= 0.3 is 0 Å². The Morgan fingerprint density at radius 2 is 2.07 bits per heavy atom. The Hall–Kier alpha value is -1.41. The molecule has 0 amide bonds. The highest BCUT2D eigenvalue weighted by atomic mass is 16.3. The fourth-order valence-corrected chi connectivity index (χ4v) is 1.66. The minimum Gasteiger partial charge on any atom is -0.393 e. The Balaban J connectivity index is 2.53. The minimum atomic E-state index is -0.317. The fraction of sp³-hybridized carbons (Fsp3) is 0.250. The van der Waals surface area contributed by atoms with Crippen LogP contribution in [0.4, 0.5) is 0 Å². The third kappa shape index (κ3) is 1.75. The standard InChI is InChI=1S/C12H13NO/c1-9(14)6-11-8-13-7-10-4-2-3-5-12(10)11/h2-5,7-9,14H,6H2,1H3. The van der Waals surface area contributed by atoms with Crippen LogP contribution in [0.15, 0.2) is 36.7 Å². The monoisotopic (exact) mass is 187 g/mol. The van der Waals surface area contributed by atoms with Gasteiger partial charge in [-0.15, -0.1) is 0 Å². The first kappa shape index (κ1) is 9.16. The van der Waals surface area contributed by atoms with E-state index in [1.165, 1.54) is 5.39 Å². The summed E-state index contributed by atoms with van der Waals surface area (Å²) in [7, 11) is 0. The number of nitrogens with zero attached hydrogens (tertiary/aromatic N) is 1. The van der Waals surface area contributed by atoms with Crippen LogP contribution >= 0.6 is 0 Å². The Kier molecular flexibility index (Phi) is 2.46. The maximum absolute atomic E-state index is 9.34. The molecule has 1 unspecified atom stereocenters. The first-order chi connectivity index (χ1) is 6.77. The van der Waals surface area contributed by atoms with Gasteiger partial charge in [-0.1, -0.05) is 24.3 Å². The zero-order valence-electron chi connectivity index (χ0n) is 8.14. The number of pyridine rings is 1. The molecule has 0 aliphatic rings. The largest absolute Gasteiger partial charge is 0.393 e. The average Bonchev–Trinajstić information content (AvgIpc) is 2.18. The normalized spacial score (nSPS) is 13.0. The van der Waals surface area contributed by atoms with Crippen molar-refractivity contribution in [2.45, 2.75) is 19.4 Å². The van der Waals surface area contributed by atoms with Crippen LogP contribution in [0, 0.1) is 0 Å². The summed E-state index contributed by atoms with van der Waals surface area (Å²) < 4.78 is 0. The average molecular weight is 187 g/mol. The molecule has 1 heterocycles. The molecule has 1 atom stereocenters. The number of fused-ring (bicyclic) bond motifs is 1. The predicted octanol–water partition coefficient (Wildman–Crippen LogP) is 2.16. The zero-order valence-corrected chi connectivity index (χ0v) is 8.14. The van der Waals surface area contributed by atoms with Gasteiger partial charge < -0.3 is 5.11 Å². The van der Waals surface area contributed by atoms with Gasteiger partial charge in [0, 0.05) is 24.2 Å². The molecule has 0 saturated carbocycles. The van der Waals surface area contributed by atoms with Crippen LogP contribution in [0.3, 0.4) is 0 Å². The summed E-state index contributed by atoms with van der Waals surface area (Å²) in [5, 5.41) is 11.7. The Morgan fingerprint density at radius 1 is 1.29 bits per heavy atom. The lowest BCUT2D eigenvalue weighted by Gasteiger charge is -2.07. The first-order valence-electron chi connectivity index (χ1n) is 4.77. The Bertz CT molecular complexity index is 432. The van der Waals surface area contributed by atoms with Gasteiger partial charge in [-0.3, -0.25) is 4.98 Å². The van der Waals surface area contributed by atoms with Crippen molar-refractivity contribution < 1.29 is 5.11 Å². The van der Waals surface area contributed by atoms with E-state index >= 15 is 0 Å². The molecule has 0 saturated heterocycles. The number of aliphatic hydroxyl groups is 1. The minimum absolute atomic E-state index is 0.317. The summed E-state index contributed by atoms with van der Waals surface area (Å²) >= 11 is 0. The summed E-state index contributed by atoms with van der Waals surface area (Å²) in [5.74, 6) is 0. The molecule has 2 nitrogen and oxygen atoms in total. The van der Waals surface area contributed by atoms with Crippen LogP contribution in [0.5, 0.6) is 0 Å². The second-order valence-electron chi connectivity index (χ2n) is 3.57. The highest BCUT2D eigenvalue weighted by Crippen LogP contribution is 2.18. The van der Waals surface area contributed by atoms with Crippen LogP contribution < -0.4 is 0 Å². The van der Waals surface area contributed by atoms with E-state index in [2.05, 4.69) is 11.1 Å². The SMILES string of the molecule is CC(O)Cc1cncc2ccccc12. The Morgan fingerprint density at radius 3 is 2.86 bits per heavy atom. The topological polar surface area (TPSA) is 33.1 Å². The molecular formula is C12H13NO. The second-order valence-corrected chi connectivity index (χ2v) is 3.57. The lowest BCUT2D eigenvalue weighted by atomic mass is 10.0. The molecule has 1 N–H and O–H groups in total. The summed E-state index contributed by atoms with van der Waals surface area (Å²) in [5.41, 5.74) is 1.11. The first-order valence-corrected chi connectivity index (χ1v) is 4.77. The molecule has 14 heavy (non-hydrogen) atoms. The molecule has 2 heteroatoms. The number of hydrogen-bond acceptors (Lipinski definition) is 2. The Labute approximate surface area is 83.2 Å². The van der Waals surface area contributed by atoms with Crippen molar-refractivity contribution in [2.24, 2.45) is 0 Å². The van der Waals surface area contributed by atoms with Crippen LogP contribution in [0.1, 0.15) is 12.5 Å². The third-order valence-corrected chi connectivity index (χ3v) is 2.27. The van der Waals surface area contributed by atoms with Crippen molar-refractivity contribution in [2.75, 3.05) is 0 Å². The molecule has 72 valence electrons. The zero-order chi connectivity index (χ0) is 9.97. The van der Waals surface area contributed by atoms with Crippen molar-refractivity contribution in [1.29, 1.82) is 0 Å². The molecule has 1 aromatic carbocycles. The van der Waals surface area contributed by atoms with E-state index in [1.54, 1.807) is 6.92 Å². The van der Waals surface area contributed by atoms with E-state index in [9.17, 15) is 5.11 Å². The summed E-state index contributed by atoms with van der Waals surface area (Å²) in [4.78, 5) is 4.15. The van der Waals surface area contributed by atoms with Crippen molar-refractivity contribution in [3.05, 3.63) is 42.2 Å². The van der Waals surface area contributed by atoms with Gasteiger partial charge in [-0.25, -0.2) is 0 Å². The fourth-order valence-electron chi connectivity index (χ4n) is 1.66. The highest BCUT2D eigenvalue weighted by Gasteiger charge is 2.03. The molecule has 0 spiro atoms. The lowest BCUT2D eigenvalue weighted by Crippen LogP contribution is -2.04. The maximum Gasteiger partial charge on any atom is 0.0553 e. The van der Waals surface area contributed by atoms with Gasteiger partial charge in [0.15, 0.2) is 0 Å². The third-order valence-electron chi connectivity index (χ3n) is 2.27. The van der Waals surface area contributed by atoms with Crippen LogP contribution in [-0.2, 0) is 6.42 Å². The molecule has 0 aliphatic carbocycles. The van der Waals surface area contributed by atoms with E-state index in [1.807, 2.05) is 30.6 Å².